The standard InChI is InChI=1S/C19H29BrN4O3.HI/c1-21-18(25)9-13-5-7-24(8-6-13)19(22-2)23-12-14-10-16(26-3)17(27-4)11-15(14)20;/h10-11,13H,5-9,12H2,1-4H3,(H,21,25)(H,22,23);1H. The van der Waals surface area contributed by atoms with Gasteiger partial charge in [-0.25, -0.2) is 0 Å². The number of carbonyl (C=O) groups excluding carboxylic acids is 1. The molecular weight excluding hydrogens is 539 g/mol. The number of likely N-dealkylation sites (tertiary alicyclic amines) is 1. The number of nitrogens with one attached hydrogen (secondary N) is 2. The highest BCUT2D eigenvalue weighted by Gasteiger charge is 2.23. The Morgan fingerprint density at radius 1 is 1.25 bits per heavy atom. The van der Waals surface area contributed by atoms with Crippen LogP contribution in [0.5, 0.6) is 11.5 Å². The summed E-state index contributed by atoms with van der Waals surface area (Å²) >= 11 is 3.59. The second-order valence-electron chi connectivity index (χ2n) is 6.51. The Morgan fingerprint density at radius 3 is 2.39 bits per heavy atom. The fraction of sp³-hybridized carbons (Fsp3) is 0.579. The Labute approximate surface area is 192 Å². The molecule has 28 heavy (non-hydrogen) atoms. The van der Waals surface area contributed by atoms with E-state index < -0.39 is 0 Å². The summed E-state index contributed by atoms with van der Waals surface area (Å²) in [7, 11) is 6.74. The van der Waals surface area contributed by atoms with E-state index in [9.17, 15) is 4.79 Å². The molecule has 0 aliphatic carbocycles. The summed E-state index contributed by atoms with van der Waals surface area (Å²) in [4.78, 5) is 18.2. The third kappa shape index (κ3) is 6.68. The summed E-state index contributed by atoms with van der Waals surface area (Å²) in [6.07, 6.45) is 2.59. The molecule has 0 bridgehead atoms. The average Bonchev–Trinajstić information content (AvgIpc) is 2.70. The molecule has 1 aliphatic heterocycles. The third-order valence-electron chi connectivity index (χ3n) is 4.87. The number of methoxy groups -OCH3 is 2. The summed E-state index contributed by atoms with van der Waals surface area (Å²) in [6.45, 7) is 2.41. The van der Waals surface area contributed by atoms with Crippen molar-refractivity contribution in [2.24, 2.45) is 10.9 Å². The Morgan fingerprint density at radius 2 is 1.86 bits per heavy atom. The van der Waals surface area contributed by atoms with Gasteiger partial charge in [0.1, 0.15) is 0 Å². The molecule has 0 saturated carbocycles. The summed E-state index contributed by atoms with van der Waals surface area (Å²) < 4.78 is 11.7. The number of carbonyl (C=O) groups is 1. The van der Waals surface area contributed by atoms with Crippen molar-refractivity contribution in [2.75, 3.05) is 41.4 Å². The summed E-state index contributed by atoms with van der Waals surface area (Å²) in [5, 5.41) is 6.13. The SMILES string of the molecule is CN=C(NCc1cc(OC)c(OC)cc1Br)N1CCC(CC(=O)NC)CC1.I. The molecule has 1 aromatic carbocycles. The second-order valence-corrected chi connectivity index (χ2v) is 7.36. The number of hydrogen-bond donors (Lipinski definition) is 2. The lowest BCUT2D eigenvalue weighted by atomic mass is 9.93. The lowest BCUT2D eigenvalue weighted by molar-refractivity contribution is -0.121. The first-order valence-electron chi connectivity index (χ1n) is 9.08. The fourth-order valence-corrected chi connectivity index (χ4v) is 3.71. The van der Waals surface area contributed by atoms with Gasteiger partial charge in [0.15, 0.2) is 17.5 Å². The first-order chi connectivity index (χ1) is 13.0. The molecule has 7 nitrogen and oxygen atoms in total. The molecular formula is C19H30BrIN4O3. The smallest absolute Gasteiger partial charge is 0.220 e. The van der Waals surface area contributed by atoms with Crippen LogP contribution in [0.25, 0.3) is 0 Å². The molecule has 2 N–H and O–H groups in total. The highest BCUT2D eigenvalue weighted by molar-refractivity contribution is 14.0. The van der Waals surface area contributed by atoms with Crippen molar-refractivity contribution in [3.8, 4) is 11.5 Å². The number of aliphatic imine (C=N–C) groups is 1. The van der Waals surface area contributed by atoms with E-state index in [2.05, 4.69) is 36.5 Å². The van der Waals surface area contributed by atoms with Crippen LogP contribution in [0.3, 0.4) is 0 Å². The molecule has 1 fully saturated rings. The average molecular weight is 569 g/mol. The van der Waals surface area contributed by atoms with Crippen molar-refractivity contribution in [2.45, 2.75) is 25.8 Å². The largest absolute Gasteiger partial charge is 0.493 e. The summed E-state index contributed by atoms with van der Waals surface area (Å²) in [5.74, 6) is 2.82. The van der Waals surface area contributed by atoms with Gasteiger partial charge in [0, 0.05) is 44.6 Å². The number of benzene rings is 1. The highest BCUT2D eigenvalue weighted by Crippen LogP contribution is 2.33. The van der Waals surface area contributed by atoms with Gasteiger partial charge in [-0.3, -0.25) is 9.79 Å². The molecule has 0 spiro atoms. The molecule has 9 heteroatoms. The molecule has 0 aromatic heterocycles. The van der Waals surface area contributed by atoms with Crippen molar-refractivity contribution < 1.29 is 14.3 Å². The predicted octanol–water partition coefficient (Wildman–Crippen LogP) is 3.01. The van der Waals surface area contributed by atoms with Crippen molar-refractivity contribution in [1.29, 1.82) is 0 Å². The summed E-state index contributed by atoms with van der Waals surface area (Å²) in [6, 6.07) is 3.86. The van der Waals surface area contributed by atoms with Crippen molar-refractivity contribution in [3.63, 3.8) is 0 Å². The van der Waals surface area contributed by atoms with Gasteiger partial charge in [-0.1, -0.05) is 15.9 Å². The first kappa shape index (κ1) is 24.8. The molecule has 2 rings (SSSR count). The molecule has 158 valence electrons. The van der Waals surface area contributed by atoms with Crippen LogP contribution < -0.4 is 20.1 Å². The van der Waals surface area contributed by atoms with Gasteiger partial charge in [-0.15, -0.1) is 24.0 Å². The zero-order chi connectivity index (χ0) is 19.8. The maximum absolute atomic E-state index is 11.6. The maximum atomic E-state index is 11.6. The van der Waals surface area contributed by atoms with Crippen LogP contribution in [0, 0.1) is 5.92 Å². The fourth-order valence-electron chi connectivity index (χ4n) is 3.25. The van der Waals surface area contributed by atoms with Crippen LogP contribution in [0.2, 0.25) is 0 Å². The number of ether oxygens (including phenoxy) is 2. The zero-order valence-corrected chi connectivity index (χ0v) is 20.8. The molecule has 1 amide bonds. The Balaban J connectivity index is 0.00000392. The Bertz CT molecular complexity index is 679. The minimum absolute atomic E-state index is 0. The highest BCUT2D eigenvalue weighted by atomic mass is 127. The van der Waals surface area contributed by atoms with Gasteiger partial charge in [-0.2, -0.15) is 0 Å². The second kappa shape index (κ2) is 12.4. The molecule has 0 atom stereocenters. The van der Waals surface area contributed by atoms with E-state index in [-0.39, 0.29) is 29.9 Å². The normalized spacial score (nSPS) is 14.9. The van der Waals surface area contributed by atoms with Crippen LogP contribution >= 0.6 is 39.9 Å². The monoisotopic (exact) mass is 568 g/mol. The lowest BCUT2D eigenvalue weighted by Gasteiger charge is -2.34. The number of rotatable bonds is 6. The molecule has 0 unspecified atom stereocenters. The van der Waals surface area contributed by atoms with E-state index in [4.69, 9.17) is 9.47 Å². The molecule has 1 aliphatic rings. The first-order valence-corrected chi connectivity index (χ1v) is 9.88. The Kier molecular flexibility index (Phi) is 10.9. The number of halogens is 2. The van der Waals surface area contributed by atoms with Gasteiger partial charge in [0.05, 0.1) is 14.2 Å². The van der Waals surface area contributed by atoms with Crippen LogP contribution in [0.15, 0.2) is 21.6 Å². The predicted molar refractivity (Wildman–Crippen MR) is 126 cm³/mol. The quantitative estimate of drug-likeness (QED) is 0.313. The number of nitrogens with zero attached hydrogens (tertiary/aromatic N) is 2. The minimum atomic E-state index is 0. The van der Waals surface area contributed by atoms with E-state index in [1.807, 2.05) is 12.1 Å². The van der Waals surface area contributed by atoms with E-state index in [1.165, 1.54) is 0 Å². The number of guanidine groups is 1. The number of hydrogen-bond acceptors (Lipinski definition) is 4. The number of piperidine rings is 1. The maximum Gasteiger partial charge on any atom is 0.220 e. The van der Waals surface area contributed by atoms with E-state index in [0.29, 0.717) is 30.4 Å². The van der Waals surface area contributed by atoms with Gasteiger partial charge >= 0.3 is 0 Å². The van der Waals surface area contributed by atoms with Crippen molar-refractivity contribution in [3.05, 3.63) is 22.2 Å². The zero-order valence-electron chi connectivity index (χ0n) is 16.9. The molecule has 1 saturated heterocycles. The van der Waals surface area contributed by atoms with E-state index in [0.717, 1.165) is 41.9 Å². The Hall–Kier alpha value is -1.23. The van der Waals surface area contributed by atoms with Crippen molar-refractivity contribution >= 4 is 51.8 Å². The van der Waals surface area contributed by atoms with Gasteiger partial charge in [-0.05, 0) is 36.5 Å². The summed E-state index contributed by atoms with van der Waals surface area (Å²) in [5.41, 5.74) is 1.06. The lowest BCUT2D eigenvalue weighted by Crippen LogP contribution is -2.45. The van der Waals surface area contributed by atoms with Crippen LogP contribution in [-0.2, 0) is 11.3 Å². The van der Waals surface area contributed by atoms with Crippen molar-refractivity contribution in [1.82, 2.24) is 15.5 Å². The molecule has 1 aromatic rings. The van der Waals surface area contributed by atoms with Crippen LogP contribution in [-0.4, -0.2) is 58.2 Å². The van der Waals surface area contributed by atoms with Gasteiger partial charge in [0.25, 0.3) is 0 Å². The van der Waals surface area contributed by atoms with E-state index >= 15 is 0 Å². The molecule has 1 heterocycles. The molecule has 0 radical (unpaired) electrons. The van der Waals surface area contributed by atoms with Gasteiger partial charge < -0.3 is 25.0 Å². The topological polar surface area (TPSA) is 75.2 Å². The number of amides is 1. The third-order valence-corrected chi connectivity index (χ3v) is 5.61. The van der Waals surface area contributed by atoms with Crippen LogP contribution in [0.1, 0.15) is 24.8 Å². The van der Waals surface area contributed by atoms with Crippen LogP contribution in [0.4, 0.5) is 0 Å². The minimum Gasteiger partial charge on any atom is -0.493 e. The van der Waals surface area contributed by atoms with E-state index in [1.54, 1.807) is 28.3 Å². The van der Waals surface area contributed by atoms with Gasteiger partial charge in [0.2, 0.25) is 5.91 Å².